The number of rotatable bonds is 7. The van der Waals surface area contributed by atoms with E-state index in [1.165, 1.54) is 5.56 Å². The average molecular weight is 333 g/mol. The summed E-state index contributed by atoms with van der Waals surface area (Å²) in [6.07, 6.45) is 0.967. The molecule has 2 aromatic carbocycles. The van der Waals surface area contributed by atoms with E-state index in [-0.39, 0.29) is 12.4 Å². The SMILES string of the molecule is CCc1ccc(OCCS(=O)(=O)Nc2ccc(C)c(C)c2)cc1. The van der Waals surface area contributed by atoms with Crippen LogP contribution in [0.2, 0.25) is 0 Å². The highest BCUT2D eigenvalue weighted by Gasteiger charge is 2.11. The summed E-state index contributed by atoms with van der Waals surface area (Å²) < 4.78 is 32.3. The van der Waals surface area contributed by atoms with Crippen LogP contribution in [-0.4, -0.2) is 20.8 Å². The standard InChI is InChI=1S/C18H23NO3S/c1-4-16-6-9-18(10-7-16)22-11-12-23(20,21)19-17-8-5-14(2)15(3)13-17/h5-10,13,19H,4,11-12H2,1-3H3. The van der Waals surface area contributed by atoms with Crippen LogP contribution in [0.1, 0.15) is 23.6 Å². The first kappa shape index (κ1) is 17.3. The monoisotopic (exact) mass is 333 g/mol. The van der Waals surface area contributed by atoms with Crippen LogP contribution in [0.3, 0.4) is 0 Å². The molecular formula is C18H23NO3S. The lowest BCUT2D eigenvalue weighted by atomic mass is 10.1. The second-order valence-corrected chi connectivity index (χ2v) is 7.41. The van der Waals surface area contributed by atoms with E-state index in [2.05, 4.69) is 11.6 Å². The molecule has 23 heavy (non-hydrogen) atoms. The van der Waals surface area contributed by atoms with Crippen molar-refractivity contribution in [3.05, 3.63) is 59.2 Å². The first-order valence-corrected chi connectivity index (χ1v) is 9.34. The van der Waals surface area contributed by atoms with Gasteiger partial charge in [0.1, 0.15) is 18.1 Å². The Labute approximate surface area is 138 Å². The molecule has 0 radical (unpaired) electrons. The highest BCUT2D eigenvalue weighted by Crippen LogP contribution is 2.16. The van der Waals surface area contributed by atoms with Crippen LogP contribution in [0.5, 0.6) is 5.75 Å². The Kier molecular flexibility index (Phi) is 5.66. The van der Waals surface area contributed by atoms with E-state index in [4.69, 9.17) is 4.74 Å². The minimum atomic E-state index is -3.42. The molecule has 0 aliphatic carbocycles. The summed E-state index contributed by atoms with van der Waals surface area (Å²) in [7, 11) is -3.42. The lowest BCUT2D eigenvalue weighted by molar-refractivity contribution is 0.341. The molecule has 124 valence electrons. The number of sulfonamides is 1. The summed E-state index contributed by atoms with van der Waals surface area (Å²) in [6, 6.07) is 13.2. The van der Waals surface area contributed by atoms with E-state index in [0.29, 0.717) is 11.4 Å². The molecule has 0 saturated heterocycles. The van der Waals surface area contributed by atoms with Crippen molar-refractivity contribution in [2.24, 2.45) is 0 Å². The normalized spacial score (nSPS) is 11.3. The largest absolute Gasteiger partial charge is 0.492 e. The molecule has 0 amide bonds. The second-order valence-electron chi connectivity index (χ2n) is 5.57. The summed E-state index contributed by atoms with van der Waals surface area (Å²) in [5.74, 6) is 0.596. The fourth-order valence-electron chi connectivity index (χ4n) is 2.13. The van der Waals surface area contributed by atoms with Crippen molar-refractivity contribution in [1.82, 2.24) is 0 Å². The molecular weight excluding hydrogens is 310 g/mol. The van der Waals surface area contributed by atoms with E-state index in [1.54, 1.807) is 6.07 Å². The Hall–Kier alpha value is -2.01. The van der Waals surface area contributed by atoms with Gasteiger partial charge in [-0.05, 0) is 61.2 Å². The van der Waals surface area contributed by atoms with E-state index in [9.17, 15) is 8.42 Å². The van der Waals surface area contributed by atoms with E-state index in [1.807, 2.05) is 50.2 Å². The van der Waals surface area contributed by atoms with Gasteiger partial charge in [0.15, 0.2) is 0 Å². The maximum absolute atomic E-state index is 12.1. The fraction of sp³-hybridized carbons (Fsp3) is 0.333. The van der Waals surface area contributed by atoms with Gasteiger partial charge < -0.3 is 4.74 Å². The van der Waals surface area contributed by atoms with Crippen molar-refractivity contribution in [1.29, 1.82) is 0 Å². The molecule has 0 saturated carbocycles. The van der Waals surface area contributed by atoms with Crippen molar-refractivity contribution in [2.45, 2.75) is 27.2 Å². The molecule has 2 aromatic rings. The zero-order valence-electron chi connectivity index (χ0n) is 13.8. The highest BCUT2D eigenvalue weighted by molar-refractivity contribution is 7.92. The van der Waals surface area contributed by atoms with Crippen molar-refractivity contribution in [3.8, 4) is 5.75 Å². The molecule has 2 rings (SSSR count). The minimum Gasteiger partial charge on any atom is -0.492 e. The van der Waals surface area contributed by atoms with E-state index >= 15 is 0 Å². The van der Waals surface area contributed by atoms with Crippen LogP contribution in [0.4, 0.5) is 5.69 Å². The third kappa shape index (κ3) is 5.28. The lowest BCUT2D eigenvalue weighted by Gasteiger charge is -2.11. The summed E-state index contributed by atoms with van der Waals surface area (Å²) >= 11 is 0. The fourth-order valence-corrected chi connectivity index (χ4v) is 3.02. The molecule has 0 aliphatic heterocycles. The van der Waals surface area contributed by atoms with Gasteiger partial charge in [-0.3, -0.25) is 4.72 Å². The minimum absolute atomic E-state index is 0.0878. The molecule has 0 unspecified atom stereocenters. The van der Waals surface area contributed by atoms with Crippen LogP contribution in [-0.2, 0) is 16.4 Å². The predicted molar refractivity (Wildman–Crippen MR) is 94.6 cm³/mol. The predicted octanol–water partition coefficient (Wildman–Crippen LogP) is 3.69. The van der Waals surface area contributed by atoms with Crippen LogP contribution < -0.4 is 9.46 Å². The van der Waals surface area contributed by atoms with Gasteiger partial charge in [-0.1, -0.05) is 25.1 Å². The van der Waals surface area contributed by atoms with Crippen molar-refractivity contribution in [2.75, 3.05) is 17.1 Å². The third-order valence-corrected chi connectivity index (χ3v) is 4.98. The van der Waals surface area contributed by atoms with E-state index < -0.39 is 10.0 Å². The molecule has 0 aliphatic rings. The first-order chi connectivity index (χ1) is 10.9. The molecule has 0 atom stereocenters. The number of nitrogens with one attached hydrogen (secondary N) is 1. The van der Waals surface area contributed by atoms with Crippen LogP contribution in [0.15, 0.2) is 42.5 Å². The maximum atomic E-state index is 12.1. The highest BCUT2D eigenvalue weighted by atomic mass is 32.2. The second kappa shape index (κ2) is 7.51. The first-order valence-electron chi connectivity index (χ1n) is 7.69. The zero-order chi connectivity index (χ0) is 16.9. The summed E-state index contributed by atoms with van der Waals surface area (Å²) in [6.45, 7) is 6.15. The number of hydrogen-bond donors (Lipinski definition) is 1. The van der Waals surface area contributed by atoms with Crippen LogP contribution >= 0.6 is 0 Å². The quantitative estimate of drug-likeness (QED) is 0.841. The van der Waals surface area contributed by atoms with Crippen molar-refractivity contribution < 1.29 is 13.2 Å². The van der Waals surface area contributed by atoms with Gasteiger partial charge in [-0.15, -0.1) is 0 Å². The molecule has 4 nitrogen and oxygen atoms in total. The molecule has 0 spiro atoms. The van der Waals surface area contributed by atoms with Crippen molar-refractivity contribution >= 4 is 15.7 Å². The summed E-state index contributed by atoms with van der Waals surface area (Å²) in [5.41, 5.74) is 3.99. The topological polar surface area (TPSA) is 55.4 Å². The average Bonchev–Trinajstić information content (AvgIpc) is 2.51. The van der Waals surface area contributed by atoms with Gasteiger partial charge >= 0.3 is 0 Å². The maximum Gasteiger partial charge on any atom is 0.236 e. The van der Waals surface area contributed by atoms with Gasteiger partial charge in [-0.25, -0.2) is 8.42 Å². The number of anilines is 1. The van der Waals surface area contributed by atoms with Gasteiger partial charge in [0.25, 0.3) is 0 Å². The summed E-state index contributed by atoms with van der Waals surface area (Å²) in [5, 5.41) is 0. The van der Waals surface area contributed by atoms with Crippen LogP contribution in [0.25, 0.3) is 0 Å². The molecule has 0 aromatic heterocycles. The van der Waals surface area contributed by atoms with Gasteiger partial charge in [0, 0.05) is 5.69 Å². The summed E-state index contributed by atoms with van der Waals surface area (Å²) in [4.78, 5) is 0. The van der Waals surface area contributed by atoms with Crippen molar-refractivity contribution in [3.63, 3.8) is 0 Å². The Balaban J connectivity index is 1.89. The Morgan fingerprint density at radius 3 is 2.30 bits per heavy atom. The molecule has 0 fully saturated rings. The number of benzene rings is 2. The van der Waals surface area contributed by atoms with E-state index in [0.717, 1.165) is 17.5 Å². The van der Waals surface area contributed by atoms with Gasteiger partial charge in [0.05, 0.1) is 0 Å². The third-order valence-electron chi connectivity index (χ3n) is 3.73. The lowest BCUT2D eigenvalue weighted by Crippen LogP contribution is -2.21. The van der Waals surface area contributed by atoms with Gasteiger partial charge in [0.2, 0.25) is 10.0 Å². The van der Waals surface area contributed by atoms with Gasteiger partial charge in [-0.2, -0.15) is 0 Å². The number of hydrogen-bond acceptors (Lipinski definition) is 3. The molecule has 0 heterocycles. The Morgan fingerprint density at radius 2 is 1.70 bits per heavy atom. The number of ether oxygens (including phenoxy) is 1. The van der Waals surface area contributed by atoms with Crippen LogP contribution in [0, 0.1) is 13.8 Å². The molecule has 5 heteroatoms. The Morgan fingerprint density at radius 1 is 1.00 bits per heavy atom. The molecule has 1 N–H and O–H groups in total. The molecule has 0 bridgehead atoms. The number of aryl methyl sites for hydroxylation is 3. The zero-order valence-corrected chi connectivity index (χ0v) is 14.6. The Bertz CT molecular complexity index is 752. The smallest absolute Gasteiger partial charge is 0.236 e.